The lowest BCUT2D eigenvalue weighted by Crippen LogP contribution is -1.90. The minimum absolute atomic E-state index is 0.0349. The van der Waals surface area contributed by atoms with Gasteiger partial charge in [0.2, 0.25) is 0 Å². The number of furan rings is 1. The molecule has 19 heavy (non-hydrogen) atoms. The molecular weight excluding hydrogens is 236 g/mol. The molecule has 0 aliphatic carbocycles. The Labute approximate surface area is 111 Å². The average molecular weight is 250 g/mol. The number of ketones is 1. The van der Waals surface area contributed by atoms with Crippen molar-refractivity contribution < 1.29 is 9.21 Å². The first-order valence-corrected chi connectivity index (χ1v) is 6.26. The van der Waals surface area contributed by atoms with Crippen LogP contribution in [0.5, 0.6) is 0 Å². The van der Waals surface area contributed by atoms with Crippen LogP contribution in [0, 0.1) is 6.92 Å². The highest BCUT2D eigenvalue weighted by atomic mass is 16.3. The summed E-state index contributed by atoms with van der Waals surface area (Å²) in [6.07, 6.45) is 0. The number of carbonyl (C=O) groups excluding carboxylic acids is 1. The largest absolute Gasteiger partial charge is 0.461 e. The number of aryl methyl sites for hydroxylation is 1. The first-order valence-electron chi connectivity index (χ1n) is 6.26. The van der Waals surface area contributed by atoms with Crippen LogP contribution >= 0.6 is 0 Å². The summed E-state index contributed by atoms with van der Waals surface area (Å²) >= 11 is 0. The van der Waals surface area contributed by atoms with Crippen molar-refractivity contribution in [3.8, 4) is 11.3 Å². The SMILES string of the molecule is CC(=O)c1cc(-c2cccc3ccccc23)oc1C. The zero-order valence-electron chi connectivity index (χ0n) is 10.9. The van der Waals surface area contributed by atoms with Gasteiger partial charge in [-0.15, -0.1) is 0 Å². The van der Waals surface area contributed by atoms with Gasteiger partial charge < -0.3 is 4.42 Å². The Morgan fingerprint density at radius 2 is 1.79 bits per heavy atom. The van der Waals surface area contributed by atoms with Gasteiger partial charge in [-0.05, 0) is 30.7 Å². The molecule has 0 aliphatic heterocycles. The van der Waals surface area contributed by atoms with Gasteiger partial charge in [0.05, 0.1) is 5.56 Å². The Bertz CT molecular complexity index is 761. The smallest absolute Gasteiger partial charge is 0.163 e. The second kappa shape index (κ2) is 4.39. The van der Waals surface area contributed by atoms with Crippen molar-refractivity contribution in [1.29, 1.82) is 0 Å². The van der Waals surface area contributed by atoms with Gasteiger partial charge in [-0.1, -0.05) is 42.5 Å². The molecule has 2 heteroatoms. The third-order valence-corrected chi connectivity index (χ3v) is 3.35. The molecule has 0 N–H and O–H groups in total. The van der Waals surface area contributed by atoms with Crippen molar-refractivity contribution in [3.63, 3.8) is 0 Å². The minimum Gasteiger partial charge on any atom is -0.461 e. The molecule has 0 saturated carbocycles. The molecule has 94 valence electrons. The van der Waals surface area contributed by atoms with Crippen molar-refractivity contribution in [3.05, 3.63) is 59.9 Å². The van der Waals surface area contributed by atoms with Gasteiger partial charge in [0.15, 0.2) is 5.78 Å². The summed E-state index contributed by atoms with van der Waals surface area (Å²) in [5.74, 6) is 1.46. The highest BCUT2D eigenvalue weighted by Gasteiger charge is 2.14. The standard InChI is InChI=1S/C17H14O2/c1-11(18)16-10-17(19-12(16)2)15-9-5-7-13-6-3-4-8-14(13)15/h3-10H,1-2H3. The van der Waals surface area contributed by atoms with Gasteiger partial charge in [-0.3, -0.25) is 4.79 Å². The van der Waals surface area contributed by atoms with Crippen LogP contribution in [0.2, 0.25) is 0 Å². The second-order valence-corrected chi connectivity index (χ2v) is 4.66. The van der Waals surface area contributed by atoms with Crippen LogP contribution in [0.25, 0.3) is 22.1 Å². The lowest BCUT2D eigenvalue weighted by Gasteiger charge is -2.03. The molecule has 2 aromatic carbocycles. The molecule has 0 atom stereocenters. The van der Waals surface area contributed by atoms with Crippen LogP contribution in [-0.2, 0) is 0 Å². The van der Waals surface area contributed by atoms with Crippen LogP contribution < -0.4 is 0 Å². The summed E-state index contributed by atoms with van der Waals surface area (Å²) in [4.78, 5) is 11.5. The van der Waals surface area contributed by atoms with Gasteiger partial charge in [-0.2, -0.15) is 0 Å². The van der Waals surface area contributed by atoms with E-state index in [4.69, 9.17) is 4.42 Å². The normalized spacial score (nSPS) is 10.8. The molecule has 1 heterocycles. The number of hydrogen-bond acceptors (Lipinski definition) is 2. The van der Waals surface area contributed by atoms with Crippen LogP contribution in [0.15, 0.2) is 52.9 Å². The number of Topliss-reactive ketones (excluding diaryl/α,β-unsaturated/α-hetero) is 1. The number of fused-ring (bicyclic) bond motifs is 1. The maximum atomic E-state index is 11.5. The van der Waals surface area contributed by atoms with Gasteiger partial charge in [0.25, 0.3) is 0 Å². The molecule has 0 unspecified atom stereocenters. The van der Waals surface area contributed by atoms with Gasteiger partial charge in [-0.25, -0.2) is 0 Å². The van der Waals surface area contributed by atoms with Gasteiger partial charge in [0, 0.05) is 5.56 Å². The molecule has 0 radical (unpaired) electrons. The van der Waals surface area contributed by atoms with Crippen LogP contribution in [0.1, 0.15) is 23.0 Å². The van der Waals surface area contributed by atoms with E-state index in [9.17, 15) is 4.79 Å². The van der Waals surface area contributed by atoms with E-state index in [0.29, 0.717) is 11.3 Å². The van der Waals surface area contributed by atoms with Gasteiger partial charge in [0.1, 0.15) is 11.5 Å². The highest BCUT2D eigenvalue weighted by molar-refractivity contribution is 5.99. The summed E-state index contributed by atoms with van der Waals surface area (Å²) < 4.78 is 5.75. The average Bonchev–Trinajstić information content (AvgIpc) is 2.80. The zero-order valence-corrected chi connectivity index (χ0v) is 10.9. The monoisotopic (exact) mass is 250 g/mol. The molecule has 3 rings (SSSR count). The van der Waals surface area contributed by atoms with Gasteiger partial charge >= 0.3 is 0 Å². The predicted molar refractivity (Wildman–Crippen MR) is 76.4 cm³/mol. The van der Waals surface area contributed by atoms with Crippen LogP contribution in [0.3, 0.4) is 0 Å². The molecule has 3 aromatic rings. The van der Waals surface area contributed by atoms with Crippen LogP contribution in [0.4, 0.5) is 0 Å². The Morgan fingerprint density at radius 1 is 1.05 bits per heavy atom. The van der Waals surface area contributed by atoms with E-state index >= 15 is 0 Å². The molecule has 1 aromatic heterocycles. The van der Waals surface area contributed by atoms with Crippen molar-refractivity contribution >= 4 is 16.6 Å². The summed E-state index contributed by atoms with van der Waals surface area (Å²) in [6, 6.07) is 16.1. The van der Waals surface area contributed by atoms with Crippen LogP contribution in [-0.4, -0.2) is 5.78 Å². The van der Waals surface area contributed by atoms with E-state index in [1.165, 1.54) is 5.39 Å². The highest BCUT2D eigenvalue weighted by Crippen LogP contribution is 2.31. The summed E-state index contributed by atoms with van der Waals surface area (Å²) in [5.41, 5.74) is 1.68. The number of hydrogen-bond donors (Lipinski definition) is 0. The van der Waals surface area contributed by atoms with Crippen molar-refractivity contribution in [2.75, 3.05) is 0 Å². The van der Waals surface area contributed by atoms with E-state index in [1.807, 2.05) is 37.3 Å². The van der Waals surface area contributed by atoms with E-state index < -0.39 is 0 Å². The number of benzene rings is 2. The van der Waals surface area contributed by atoms with E-state index in [1.54, 1.807) is 6.92 Å². The minimum atomic E-state index is 0.0349. The van der Waals surface area contributed by atoms with E-state index in [2.05, 4.69) is 18.2 Å². The van der Waals surface area contributed by atoms with E-state index in [-0.39, 0.29) is 5.78 Å². The summed E-state index contributed by atoms with van der Waals surface area (Å²) in [7, 11) is 0. The Balaban J connectivity index is 2.25. The Kier molecular flexibility index (Phi) is 2.71. The molecule has 0 spiro atoms. The fourth-order valence-corrected chi connectivity index (χ4v) is 2.40. The first kappa shape index (κ1) is 11.7. The third kappa shape index (κ3) is 1.95. The molecule has 0 bridgehead atoms. The zero-order chi connectivity index (χ0) is 13.4. The first-order chi connectivity index (χ1) is 9.16. The number of rotatable bonds is 2. The predicted octanol–water partition coefficient (Wildman–Crippen LogP) is 4.61. The molecule has 0 saturated heterocycles. The van der Waals surface area contributed by atoms with Crippen molar-refractivity contribution in [1.82, 2.24) is 0 Å². The molecule has 0 aliphatic rings. The fraction of sp³-hybridized carbons (Fsp3) is 0.118. The second-order valence-electron chi connectivity index (χ2n) is 4.66. The Hall–Kier alpha value is -2.35. The molecule has 0 amide bonds. The quantitative estimate of drug-likeness (QED) is 0.622. The van der Waals surface area contributed by atoms with Crippen molar-refractivity contribution in [2.24, 2.45) is 0 Å². The van der Waals surface area contributed by atoms with Crippen molar-refractivity contribution in [2.45, 2.75) is 13.8 Å². The maximum Gasteiger partial charge on any atom is 0.163 e. The lowest BCUT2D eigenvalue weighted by atomic mass is 10.0. The maximum absolute atomic E-state index is 11.5. The number of carbonyl (C=O) groups is 1. The van der Waals surface area contributed by atoms with E-state index in [0.717, 1.165) is 16.7 Å². The molecule has 0 fully saturated rings. The molecule has 2 nitrogen and oxygen atoms in total. The third-order valence-electron chi connectivity index (χ3n) is 3.35. The molecular formula is C17H14O2. The fourth-order valence-electron chi connectivity index (χ4n) is 2.40. The lowest BCUT2D eigenvalue weighted by molar-refractivity contribution is 0.101. The summed E-state index contributed by atoms with van der Waals surface area (Å²) in [6.45, 7) is 3.39. The Morgan fingerprint density at radius 3 is 2.53 bits per heavy atom. The summed E-state index contributed by atoms with van der Waals surface area (Å²) in [5, 5.41) is 2.30. The topological polar surface area (TPSA) is 30.2 Å².